The van der Waals surface area contributed by atoms with E-state index in [4.69, 9.17) is 10.2 Å². The van der Waals surface area contributed by atoms with E-state index in [9.17, 15) is 0 Å². The van der Waals surface area contributed by atoms with Crippen LogP contribution in [0.25, 0.3) is 0 Å². The fraction of sp³-hybridized carbons (Fsp3) is 0.800. The van der Waals surface area contributed by atoms with Crippen molar-refractivity contribution in [2.75, 3.05) is 0 Å². The average molecular weight is 172 g/mol. The number of hydrogen-bond acceptors (Lipinski definition) is 2. The van der Waals surface area contributed by atoms with Crippen LogP contribution in [0.1, 0.15) is 46.5 Å². The molecule has 0 amide bonds. The second-order valence-electron chi connectivity index (χ2n) is 3.51. The van der Waals surface area contributed by atoms with Gasteiger partial charge in [0.05, 0.1) is 0 Å². The fourth-order valence-corrected chi connectivity index (χ4v) is 1.03. The number of hydrogen-bond donors (Lipinski definition) is 2. The standard InChI is InChI=1S/C10H20O2/c1-4-8(2)6-5-7-9(3)10(11)12/h8,11-12H,4-7H2,1-3H3. The van der Waals surface area contributed by atoms with Crippen LogP contribution in [0.2, 0.25) is 0 Å². The van der Waals surface area contributed by atoms with Crippen LogP contribution in [0, 0.1) is 5.92 Å². The smallest absolute Gasteiger partial charge is 0.272 e. The topological polar surface area (TPSA) is 40.5 Å². The molecule has 0 rings (SSSR count). The van der Waals surface area contributed by atoms with Crippen LogP contribution in [0.15, 0.2) is 11.5 Å². The molecule has 0 heterocycles. The van der Waals surface area contributed by atoms with Crippen LogP contribution in [0.3, 0.4) is 0 Å². The molecule has 0 saturated heterocycles. The number of rotatable bonds is 5. The summed E-state index contributed by atoms with van der Waals surface area (Å²) in [5.41, 5.74) is 0.693. The molecule has 0 aromatic heterocycles. The van der Waals surface area contributed by atoms with E-state index in [1.807, 2.05) is 0 Å². The summed E-state index contributed by atoms with van der Waals surface area (Å²) in [7, 11) is 0. The molecule has 2 N–H and O–H groups in total. The quantitative estimate of drug-likeness (QED) is 0.622. The summed E-state index contributed by atoms with van der Waals surface area (Å²) < 4.78 is 0. The van der Waals surface area contributed by atoms with Gasteiger partial charge in [-0.05, 0) is 25.7 Å². The minimum Gasteiger partial charge on any atom is -0.481 e. The summed E-state index contributed by atoms with van der Waals surface area (Å²) in [6, 6.07) is 0. The molecule has 1 unspecified atom stereocenters. The predicted molar refractivity (Wildman–Crippen MR) is 51.3 cm³/mol. The van der Waals surface area contributed by atoms with Crippen LogP contribution in [-0.2, 0) is 0 Å². The Bertz CT molecular complexity index is 146. The zero-order chi connectivity index (χ0) is 9.56. The van der Waals surface area contributed by atoms with Crippen molar-refractivity contribution in [1.82, 2.24) is 0 Å². The van der Waals surface area contributed by atoms with Crippen molar-refractivity contribution in [3.05, 3.63) is 11.5 Å². The molecule has 0 spiro atoms. The zero-order valence-electron chi connectivity index (χ0n) is 8.30. The van der Waals surface area contributed by atoms with Crippen LogP contribution in [-0.4, -0.2) is 10.2 Å². The first kappa shape index (κ1) is 11.3. The molecule has 2 nitrogen and oxygen atoms in total. The van der Waals surface area contributed by atoms with Gasteiger partial charge in [-0.3, -0.25) is 0 Å². The SMILES string of the molecule is CCC(C)CCCC(C)=C(O)O. The molecule has 0 radical (unpaired) electrons. The Labute approximate surface area is 74.9 Å². The molecule has 0 aliphatic rings. The van der Waals surface area contributed by atoms with Gasteiger partial charge in [0.1, 0.15) is 0 Å². The van der Waals surface area contributed by atoms with Crippen molar-refractivity contribution in [2.45, 2.75) is 46.5 Å². The van der Waals surface area contributed by atoms with Gasteiger partial charge in [0.2, 0.25) is 0 Å². The molecule has 12 heavy (non-hydrogen) atoms. The second kappa shape index (κ2) is 5.92. The van der Waals surface area contributed by atoms with E-state index in [-0.39, 0.29) is 0 Å². The van der Waals surface area contributed by atoms with E-state index in [1.165, 1.54) is 12.8 Å². The first-order valence-electron chi connectivity index (χ1n) is 4.65. The maximum atomic E-state index is 8.68. The lowest BCUT2D eigenvalue weighted by Gasteiger charge is -2.07. The Kier molecular flexibility index (Phi) is 5.60. The van der Waals surface area contributed by atoms with E-state index in [2.05, 4.69) is 13.8 Å². The molecule has 0 aliphatic heterocycles. The Hall–Kier alpha value is -0.660. The molecule has 0 aromatic carbocycles. The molecule has 0 saturated carbocycles. The molecular formula is C10H20O2. The van der Waals surface area contributed by atoms with Crippen LogP contribution < -0.4 is 0 Å². The van der Waals surface area contributed by atoms with Crippen LogP contribution in [0.4, 0.5) is 0 Å². The lowest BCUT2D eigenvalue weighted by atomic mass is 10.00. The Morgan fingerprint density at radius 3 is 2.33 bits per heavy atom. The molecular weight excluding hydrogens is 152 g/mol. The van der Waals surface area contributed by atoms with Gasteiger partial charge < -0.3 is 10.2 Å². The van der Waals surface area contributed by atoms with Crippen molar-refractivity contribution >= 4 is 0 Å². The third-order valence-electron chi connectivity index (χ3n) is 2.33. The van der Waals surface area contributed by atoms with Gasteiger partial charge in [-0.2, -0.15) is 0 Å². The lowest BCUT2D eigenvalue weighted by molar-refractivity contribution is 0.183. The fourth-order valence-electron chi connectivity index (χ4n) is 1.03. The van der Waals surface area contributed by atoms with Gasteiger partial charge in [0, 0.05) is 5.57 Å². The second-order valence-corrected chi connectivity index (χ2v) is 3.51. The van der Waals surface area contributed by atoms with Crippen LogP contribution in [0.5, 0.6) is 0 Å². The largest absolute Gasteiger partial charge is 0.481 e. The Morgan fingerprint density at radius 2 is 1.92 bits per heavy atom. The van der Waals surface area contributed by atoms with E-state index < -0.39 is 5.95 Å². The minimum absolute atomic E-state index is 0.501. The molecule has 0 aliphatic carbocycles. The van der Waals surface area contributed by atoms with Crippen molar-refractivity contribution in [3.8, 4) is 0 Å². The van der Waals surface area contributed by atoms with Crippen molar-refractivity contribution < 1.29 is 10.2 Å². The van der Waals surface area contributed by atoms with Gasteiger partial charge in [0.15, 0.2) is 0 Å². The Morgan fingerprint density at radius 1 is 1.33 bits per heavy atom. The maximum Gasteiger partial charge on any atom is 0.272 e. The minimum atomic E-state index is -0.501. The Balaban J connectivity index is 3.51. The van der Waals surface area contributed by atoms with Crippen LogP contribution >= 0.6 is 0 Å². The maximum absolute atomic E-state index is 8.68. The lowest BCUT2D eigenvalue weighted by Crippen LogP contribution is -1.93. The van der Waals surface area contributed by atoms with Crippen molar-refractivity contribution in [2.24, 2.45) is 5.92 Å². The highest BCUT2D eigenvalue weighted by Crippen LogP contribution is 2.15. The first-order chi connectivity index (χ1) is 5.57. The summed E-state index contributed by atoms with van der Waals surface area (Å²) in [5.74, 6) is 0.248. The van der Waals surface area contributed by atoms with Crippen molar-refractivity contribution in [1.29, 1.82) is 0 Å². The molecule has 1 atom stereocenters. The summed E-state index contributed by atoms with van der Waals surface area (Å²) in [4.78, 5) is 0. The van der Waals surface area contributed by atoms with Crippen molar-refractivity contribution in [3.63, 3.8) is 0 Å². The normalized spacial score (nSPS) is 12.6. The van der Waals surface area contributed by atoms with Gasteiger partial charge in [-0.25, -0.2) is 0 Å². The molecule has 0 bridgehead atoms. The van der Waals surface area contributed by atoms with Gasteiger partial charge in [-0.1, -0.05) is 26.7 Å². The predicted octanol–water partition coefficient (Wildman–Crippen LogP) is 3.55. The number of aliphatic hydroxyl groups is 2. The number of allylic oxidation sites excluding steroid dienone is 1. The summed E-state index contributed by atoms with van der Waals surface area (Å²) in [6.07, 6.45) is 4.22. The van der Waals surface area contributed by atoms with E-state index in [0.29, 0.717) is 5.57 Å². The molecule has 0 fully saturated rings. The monoisotopic (exact) mass is 172 g/mol. The summed E-state index contributed by atoms with van der Waals surface area (Å²) in [6.45, 7) is 6.15. The van der Waals surface area contributed by atoms with E-state index >= 15 is 0 Å². The highest BCUT2D eigenvalue weighted by Gasteiger charge is 2.01. The molecule has 72 valence electrons. The third kappa shape index (κ3) is 5.05. The highest BCUT2D eigenvalue weighted by molar-refractivity contribution is 4.96. The zero-order valence-corrected chi connectivity index (χ0v) is 8.30. The van der Waals surface area contributed by atoms with Gasteiger partial charge >= 0.3 is 0 Å². The number of aliphatic hydroxyl groups excluding tert-OH is 1. The first-order valence-corrected chi connectivity index (χ1v) is 4.65. The summed E-state index contributed by atoms with van der Waals surface area (Å²) >= 11 is 0. The third-order valence-corrected chi connectivity index (χ3v) is 2.33. The average Bonchev–Trinajstić information content (AvgIpc) is 2.03. The highest BCUT2D eigenvalue weighted by atomic mass is 16.5. The summed E-state index contributed by atoms with van der Waals surface area (Å²) in [5, 5.41) is 17.4. The van der Waals surface area contributed by atoms with E-state index in [1.54, 1.807) is 6.92 Å². The molecule has 2 heteroatoms. The van der Waals surface area contributed by atoms with Gasteiger partial charge in [-0.15, -0.1) is 0 Å². The molecule has 0 aromatic rings. The van der Waals surface area contributed by atoms with E-state index in [0.717, 1.165) is 18.8 Å². The van der Waals surface area contributed by atoms with Gasteiger partial charge in [0.25, 0.3) is 5.95 Å².